The van der Waals surface area contributed by atoms with Gasteiger partial charge in [0, 0.05) is 28.5 Å². The fourth-order valence-corrected chi connectivity index (χ4v) is 3.83. The maximum atomic E-state index is 13.1. The van der Waals surface area contributed by atoms with Crippen LogP contribution >= 0.6 is 23.2 Å². The van der Waals surface area contributed by atoms with Crippen molar-refractivity contribution < 1.29 is 9.53 Å². The third kappa shape index (κ3) is 5.62. The standard InChI is InChI=1S/C26H24Cl2N2O2/c1-17(2)25(26(31)32-23-13-9-20(28)10-14-23)24(16-29)18-5-4-6-22(15-18)30(3)21-11-7-19(27)8-12-21/h4-15,17,24-25H,1-3H3. The first-order chi connectivity index (χ1) is 15.3. The number of halogens is 2. The first kappa shape index (κ1) is 23.7. The van der Waals surface area contributed by atoms with Crippen molar-refractivity contribution in [3.8, 4) is 11.8 Å². The fraction of sp³-hybridized carbons (Fsp3) is 0.231. The van der Waals surface area contributed by atoms with Crippen molar-refractivity contribution in [2.75, 3.05) is 11.9 Å². The van der Waals surface area contributed by atoms with Crippen molar-refractivity contribution >= 4 is 40.5 Å². The van der Waals surface area contributed by atoms with E-state index >= 15 is 0 Å². The maximum Gasteiger partial charge on any atom is 0.316 e. The fourth-order valence-electron chi connectivity index (χ4n) is 3.58. The molecule has 0 aliphatic carbocycles. The van der Waals surface area contributed by atoms with Gasteiger partial charge in [-0.3, -0.25) is 4.79 Å². The summed E-state index contributed by atoms with van der Waals surface area (Å²) in [6, 6.07) is 24.1. The van der Waals surface area contributed by atoms with Crippen LogP contribution in [0.5, 0.6) is 5.75 Å². The summed E-state index contributed by atoms with van der Waals surface area (Å²) in [6.45, 7) is 3.84. The van der Waals surface area contributed by atoms with Gasteiger partial charge in [-0.05, 0) is 72.1 Å². The van der Waals surface area contributed by atoms with Crippen molar-refractivity contribution in [2.24, 2.45) is 11.8 Å². The van der Waals surface area contributed by atoms with Crippen LogP contribution in [0.25, 0.3) is 0 Å². The number of ether oxygens (including phenoxy) is 1. The first-order valence-corrected chi connectivity index (χ1v) is 11.0. The average Bonchev–Trinajstić information content (AvgIpc) is 2.78. The third-order valence-corrected chi connectivity index (χ3v) is 5.86. The van der Waals surface area contributed by atoms with Gasteiger partial charge in [0.15, 0.2) is 0 Å². The molecule has 32 heavy (non-hydrogen) atoms. The molecule has 3 aromatic rings. The van der Waals surface area contributed by atoms with Crippen molar-refractivity contribution in [1.82, 2.24) is 0 Å². The molecule has 2 unspecified atom stereocenters. The highest BCUT2D eigenvalue weighted by Gasteiger charge is 2.34. The van der Waals surface area contributed by atoms with Crippen molar-refractivity contribution in [1.29, 1.82) is 5.26 Å². The van der Waals surface area contributed by atoms with Crippen molar-refractivity contribution in [2.45, 2.75) is 19.8 Å². The van der Waals surface area contributed by atoms with E-state index in [1.54, 1.807) is 24.3 Å². The van der Waals surface area contributed by atoms with Crippen LogP contribution in [0.1, 0.15) is 25.3 Å². The van der Waals surface area contributed by atoms with Crippen LogP contribution in [0.3, 0.4) is 0 Å². The molecule has 0 aliphatic heterocycles. The van der Waals surface area contributed by atoms with Gasteiger partial charge in [-0.1, -0.05) is 49.2 Å². The Labute approximate surface area is 198 Å². The molecule has 0 N–H and O–H groups in total. The van der Waals surface area contributed by atoms with E-state index in [1.807, 2.05) is 74.3 Å². The molecule has 0 bridgehead atoms. The largest absolute Gasteiger partial charge is 0.426 e. The van der Waals surface area contributed by atoms with Crippen LogP contribution in [0, 0.1) is 23.2 Å². The van der Waals surface area contributed by atoms with Gasteiger partial charge in [-0.15, -0.1) is 0 Å². The summed E-state index contributed by atoms with van der Waals surface area (Å²) in [7, 11) is 1.94. The lowest BCUT2D eigenvalue weighted by Gasteiger charge is -2.26. The number of nitriles is 1. The third-order valence-electron chi connectivity index (χ3n) is 5.35. The van der Waals surface area contributed by atoms with Crippen LogP contribution in [0.4, 0.5) is 11.4 Å². The Morgan fingerprint density at radius 2 is 1.53 bits per heavy atom. The van der Waals surface area contributed by atoms with E-state index in [4.69, 9.17) is 27.9 Å². The van der Waals surface area contributed by atoms with Gasteiger partial charge in [-0.25, -0.2) is 0 Å². The molecule has 0 aliphatic rings. The molecule has 164 valence electrons. The van der Waals surface area contributed by atoms with E-state index in [2.05, 4.69) is 6.07 Å². The number of carbonyl (C=O) groups is 1. The molecular formula is C26H24Cl2N2O2. The van der Waals surface area contributed by atoms with E-state index in [0.29, 0.717) is 15.8 Å². The Morgan fingerprint density at radius 1 is 0.938 bits per heavy atom. The molecule has 6 heteroatoms. The normalized spacial score (nSPS) is 12.7. The number of anilines is 2. The lowest BCUT2D eigenvalue weighted by Crippen LogP contribution is -2.30. The predicted molar refractivity (Wildman–Crippen MR) is 130 cm³/mol. The summed E-state index contributed by atoms with van der Waals surface area (Å²) in [4.78, 5) is 15.1. The molecular weight excluding hydrogens is 443 g/mol. The number of esters is 1. The number of carbonyl (C=O) groups excluding carboxylic acids is 1. The smallest absolute Gasteiger partial charge is 0.316 e. The lowest BCUT2D eigenvalue weighted by atomic mass is 9.80. The van der Waals surface area contributed by atoms with E-state index in [-0.39, 0.29) is 5.92 Å². The summed E-state index contributed by atoms with van der Waals surface area (Å²) in [5.74, 6) is -1.43. The topological polar surface area (TPSA) is 53.3 Å². The Morgan fingerprint density at radius 3 is 2.09 bits per heavy atom. The van der Waals surface area contributed by atoms with Crippen molar-refractivity contribution in [3.63, 3.8) is 0 Å². The molecule has 0 saturated carbocycles. The zero-order valence-corrected chi connectivity index (χ0v) is 19.6. The second kappa shape index (κ2) is 10.5. The minimum Gasteiger partial charge on any atom is -0.426 e. The monoisotopic (exact) mass is 466 g/mol. The first-order valence-electron chi connectivity index (χ1n) is 10.3. The maximum absolute atomic E-state index is 13.1. The van der Waals surface area contributed by atoms with Gasteiger partial charge in [0.25, 0.3) is 0 Å². The summed E-state index contributed by atoms with van der Waals surface area (Å²) >= 11 is 11.9. The Balaban J connectivity index is 1.88. The van der Waals surface area contributed by atoms with E-state index in [0.717, 1.165) is 16.9 Å². The van der Waals surface area contributed by atoms with Gasteiger partial charge in [0.2, 0.25) is 0 Å². The zero-order valence-electron chi connectivity index (χ0n) is 18.1. The van der Waals surface area contributed by atoms with Gasteiger partial charge in [0.05, 0.1) is 17.9 Å². The quantitative estimate of drug-likeness (QED) is 0.271. The predicted octanol–water partition coefficient (Wildman–Crippen LogP) is 7.25. The minimum atomic E-state index is -0.659. The van der Waals surface area contributed by atoms with Crippen LogP contribution in [0.2, 0.25) is 10.0 Å². The van der Waals surface area contributed by atoms with Crippen LogP contribution < -0.4 is 9.64 Å². The van der Waals surface area contributed by atoms with Gasteiger partial charge < -0.3 is 9.64 Å². The molecule has 0 heterocycles. The second-order valence-corrected chi connectivity index (χ2v) is 8.75. The van der Waals surface area contributed by atoms with Crippen LogP contribution in [-0.4, -0.2) is 13.0 Å². The number of hydrogen-bond donors (Lipinski definition) is 0. The number of rotatable bonds is 7. The highest BCUT2D eigenvalue weighted by atomic mass is 35.5. The lowest BCUT2D eigenvalue weighted by molar-refractivity contribution is -0.140. The molecule has 2 atom stereocenters. The molecule has 0 aromatic heterocycles. The SMILES string of the molecule is CC(C)C(C(=O)Oc1ccc(Cl)cc1)C(C#N)c1cccc(N(C)c2ccc(Cl)cc2)c1. The zero-order chi connectivity index (χ0) is 23.3. The van der Waals surface area contributed by atoms with E-state index in [9.17, 15) is 10.1 Å². The number of benzene rings is 3. The highest BCUT2D eigenvalue weighted by Crippen LogP contribution is 2.34. The molecule has 0 amide bonds. The Kier molecular flexibility index (Phi) is 7.80. The summed E-state index contributed by atoms with van der Waals surface area (Å²) in [6.07, 6.45) is 0. The van der Waals surface area contributed by atoms with Gasteiger partial charge in [0.1, 0.15) is 5.75 Å². The van der Waals surface area contributed by atoms with Gasteiger partial charge >= 0.3 is 5.97 Å². The second-order valence-electron chi connectivity index (χ2n) is 7.88. The highest BCUT2D eigenvalue weighted by molar-refractivity contribution is 6.30. The summed E-state index contributed by atoms with van der Waals surface area (Å²) in [5, 5.41) is 11.2. The Hall–Kier alpha value is -3.00. The average molecular weight is 467 g/mol. The number of nitrogens with zero attached hydrogens (tertiary/aromatic N) is 2. The molecule has 4 nitrogen and oxygen atoms in total. The van der Waals surface area contributed by atoms with E-state index < -0.39 is 17.8 Å². The van der Waals surface area contributed by atoms with E-state index in [1.165, 1.54) is 0 Å². The summed E-state index contributed by atoms with van der Waals surface area (Å²) in [5.41, 5.74) is 2.62. The Bertz CT molecular complexity index is 1110. The molecule has 3 aromatic carbocycles. The molecule has 0 saturated heterocycles. The molecule has 3 rings (SSSR count). The van der Waals surface area contributed by atoms with Crippen molar-refractivity contribution in [3.05, 3.63) is 88.4 Å². The summed E-state index contributed by atoms with van der Waals surface area (Å²) < 4.78 is 5.58. The van der Waals surface area contributed by atoms with Crippen LogP contribution in [-0.2, 0) is 4.79 Å². The molecule has 0 spiro atoms. The molecule has 0 fully saturated rings. The van der Waals surface area contributed by atoms with Crippen LogP contribution in [0.15, 0.2) is 72.8 Å². The minimum absolute atomic E-state index is 0.0999. The van der Waals surface area contributed by atoms with Gasteiger partial charge in [-0.2, -0.15) is 5.26 Å². The number of hydrogen-bond acceptors (Lipinski definition) is 4. The molecule has 0 radical (unpaired) electrons.